The second-order valence-corrected chi connectivity index (χ2v) is 5.36. The summed E-state index contributed by atoms with van der Waals surface area (Å²) in [5.74, 6) is 0.962. The quantitative estimate of drug-likeness (QED) is 0.904. The highest BCUT2D eigenvalue weighted by Gasteiger charge is 2.17. The Labute approximate surface area is 119 Å². The van der Waals surface area contributed by atoms with Crippen LogP contribution in [0.5, 0.6) is 0 Å². The predicted octanol–water partition coefficient (Wildman–Crippen LogP) is 3.61. The molecule has 0 amide bonds. The van der Waals surface area contributed by atoms with Crippen molar-refractivity contribution in [3.05, 3.63) is 53.7 Å². The van der Waals surface area contributed by atoms with E-state index < -0.39 is 6.10 Å². The topological polar surface area (TPSA) is 36.4 Å². The van der Waals surface area contributed by atoms with Gasteiger partial charge in [-0.3, -0.25) is 0 Å². The van der Waals surface area contributed by atoms with Crippen LogP contribution >= 0.6 is 0 Å². The van der Waals surface area contributed by atoms with Crippen molar-refractivity contribution in [3.8, 4) is 0 Å². The molecule has 1 aliphatic heterocycles. The zero-order valence-electron chi connectivity index (χ0n) is 11.8. The third-order valence-electron chi connectivity index (χ3n) is 3.89. The molecular weight excluding hydrogens is 248 g/mol. The van der Waals surface area contributed by atoms with Crippen LogP contribution in [-0.2, 0) is 6.42 Å². The smallest absolute Gasteiger partial charge is 0.132 e. The Kier molecular flexibility index (Phi) is 3.70. The summed E-state index contributed by atoms with van der Waals surface area (Å²) in [6, 6.07) is 12.5. The van der Waals surface area contributed by atoms with E-state index in [0.717, 1.165) is 24.3 Å². The van der Waals surface area contributed by atoms with E-state index in [4.69, 9.17) is 0 Å². The van der Waals surface area contributed by atoms with E-state index in [0.29, 0.717) is 0 Å². The number of nitrogens with zero attached hydrogens (tertiary/aromatic N) is 2. The van der Waals surface area contributed by atoms with Crippen molar-refractivity contribution < 1.29 is 5.11 Å². The van der Waals surface area contributed by atoms with Crippen LogP contribution < -0.4 is 4.90 Å². The van der Waals surface area contributed by atoms with Crippen LogP contribution in [0.4, 0.5) is 11.5 Å². The molecule has 0 saturated heterocycles. The first-order valence-corrected chi connectivity index (χ1v) is 7.25. The number of hydrogen-bond donors (Lipinski definition) is 1. The largest absolute Gasteiger partial charge is 0.389 e. The van der Waals surface area contributed by atoms with Gasteiger partial charge in [-0.15, -0.1) is 0 Å². The van der Waals surface area contributed by atoms with E-state index in [1.807, 2.05) is 12.1 Å². The summed E-state index contributed by atoms with van der Waals surface area (Å²) in [7, 11) is 0. The monoisotopic (exact) mass is 268 g/mol. The van der Waals surface area contributed by atoms with Gasteiger partial charge in [0.15, 0.2) is 0 Å². The zero-order chi connectivity index (χ0) is 13.9. The highest BCUT2D eigenvalue weighted by atomic mass is 16.3. The van der Waals surface area contributed by atoms with Gasteiger partial charge in [0.05, 0.1) is 6.10 Å². The second-order valence-electron chi connectivity index (χ2n) is 5.36. The molecule has 3 heteroatoms. The first-order valence-electron chi connectivity index (χ1n) is 7.25. The van der Waals surface area contributed by atoms with Crippen LogP contribution in [0.3, 0.4) is 0 Å². The van der Waals surface area contributed by atoms with Gasteiger partial charge in [-0.2, -0.15) is 0 Å². The van der Waals surface area contributed by atoms with Crippen molar-refractivity contribution >= 4 is 11.5 Å². The molecule has 0 radical (unpaired) electrons. The highest BCUT2D eigenvalue weighted by molar-refractivity contribution is 5.64. The summed E-state index contributed by atoms with van der Waals surface area (Å²) in [5.41, 5.74) is 3.52. The third-order valence-corrected chi connectivity index (χ3v) is 3.89. The van der Waals surface area contributed by atoms with Crippen molar-refractivity contribution in [2.45, 2.75) is 32.3 Å². The molecule has 104 valence electrons. The van der Waals surface area contributed by atoms with Gasteiger partial charge in [-0.1, -0.05) is 24.3 Å². The number of hydrogen-bond acceptors (Lipinski definition) is 3. The van der Waals surface area contributed by atoms with Gasteiger partial charge in [0, 0.05) is 18.4 Å². The van der Waals surface area contributed by atoms with Crippen molar-refractivity contribution in [1.82, 2.24) is 4.98 Å². The van der Waals surface area contributed by atoms with E-state index in [1.165, 1.54) is 24.1 Å². The summed E-state index contributed by atoms with van der Waals surface area (Å²) in [4.78, 5) is 6.82. The second kappa shape index (κ2) is 5.63. The van der Waals surface area contributed by atoms with E-state index in [-0.39, 0.29) is 0 Å². The third kappa shape index (κ3) is 2.54. The molecular formula is C17H20N2O. The van der Waals surface area contributed by atoms with Crippen molar-refractivity contribution in [2.24, 2.45) is 0 Å². The van der Waals surface area contributed by atoms with Crippen LogP contribution in [0.15, 0.2) is 42.6 Å². The molecule has 3 nitrogen and oxygen atoms in total. The Hall–Kier alpha value is -1.87. The molecule has 1 aromatic heterocycles. The summed E-state index contributed by atoms with van der Waals surface area (Å²) in [6.45, 7) is 2.76. The Morgan fingerprint density at radius 2 is 2.00 bits per heavy atom. The molecule has 2 aromatic rings. The minimum atomic E-state index is -0.465. The minimum absolute atomic E-state index is 0.465. The molecule has 0 fully saturated rings. The number of benzene rings is 1. The highest BCUT2D eigenvalue weighted by Crippen LogP contribution is 2.31. The first-order chi connectivity index (χ1) is 9.75. The molecule has 0 aliphatic carbocycles. The number of fused-ring (bicyclic) bond motifs is 1. The fourth-order valence-corrected chi connectivity index (χ4v) is 2.73. The van der Waals surface area contributed by atoms with Gasteiger partial charge in [-0.25, -0.2) is 4.98 Å². The van der Waals surface area contributed by atoms with E-state index in [9.17, 15) is 5.11 Å². The maximum atomic E-state index is 9.57. The fraction of sp³-hybridized carbons (Fsp3) is 0.353. The summed E-state index contributed by atoms with van der Waals surface area (Å²) in [5, 5.41) is 9.57. The molecule has 3 rings (SSSR count). The average Bonchev–Trinajstić information content (AvgIpc) is 2.69. The molecule has 1 N–H and O–H groups in total. The number of aliphatic hydroxyl groups excluding tert-OH is 1. The molecule has 1 atom stereocenters. The number of aliphatic hydroxyl groups is 1. The number of pyridine rings is 1. The molecule has 0 saturated carbocycles. The number of aromatic nitrogens is 1. The Morgan fingerprint density at radius 3 is 2.75 bits per heavy atom. The number of rotatable bonds is 2. The van der Waals surface area contributed by atoms with Crippen LogP contribution in [0.25, 0.3) is 0 Å². The molecule has 2 heterocycles. The Balaban J connectivity index is 1.97. The van der Waals surface area contributed by atoms with Gasteiger partial charge in [-0.05, 0) is 49.4 Å². The zero-order valence-corrected chi connectivity index (χ0v) is 11.8. The molecule has 0 spiro atoms. The minimum Gasteiger partial charge on any atom is -0.389 e. The van der Waals surface area contributed by atoms with Gasteiger partial charge < -0.3 is 10.0 Å². The van der Waals surface area contributed by atoms with Gasteiger partial charge >= 0.3 is 0 Å². The van der Waals surface area contributed by atoms with E-state index in [1.54, 1.807) is 13.1 Å². The normalized spacial score (nSPS) is 16.4. The molecule has 1 aromatic carbocycles. The summed E-state index contributed by atoms with van der Waals surface area (Å²) >= 11 is 0. The molecule has 20 heavy (non-hydrogen) atoms. The predicted molar refractivity (Wildman–Crippen MR) is 81.3 cm³/mol. The van der Waals surface area contributed by atoms with Gasteiger partial charge in [0.2, 0.25) is 0 Å². The van der Waals surface area contributed by atoms with Crippen LogP contribution in [0.2, 0.25) is 0 Å². The van der Waals surface area contributed by atoms with E-state index >= 15 is 0 Å². The summed E-state index contributed by atoms with van der Waals surface area (Å²) < 4.78 is 0. The Morgan fingerprint density at radius 1 is 1.15 bits per heavy atom. The fourth-order valence-electron chi connectivity index (χ4n) is 2.73. The molecule has 1 aliphatic rings. The van der Waals surface area contributed by atoms with Crippen molar-refractivity contribution in [3.63, 3.8) is 0 Å². The number of anilines is 2. The standard InChI is InChI=1S/C17H20N2O/c1-13(20)15-9-10-17(18-12-15)19-11-5-4-7-14-6-2-3-8-16(14)19/h2-3,6,8-10,12-13,20H,4-5,7,11H2,1H3. The average molecular weight is 268 g/mol. The van der Waals surface area contributed by atoms with E-state index in [2.05, 4.69) is 34.1 Å². The van der Waals surface area contributed by atoms with Gasteiger partial charge in [0.25, 0.3) is 0 Å². The SMILES string of the molecule is CC(O)c1ccc(N2CCCCc3ccccc32)nc1. The van der Waals surface area contributed by atoms with Crippen LogP contribution in [0, 0.1) is 0 Å². The molecule has 1 unspecified atom stereocenters. The Bertz CT molecular complexity index is 578. The summed E-state index contributed by atoms with van der Waals surface area (Å²) in [6.07, 6.45) is 4.84. The lowest BCUT2D eigenvalue weighted by atomic mass is 10.1. The number of para-hydroxylation sites is 1. The van der Waals surface area contributed by atoms with Crippen LogP contribution in [-0.4, -0.2) is 16.6 Å². The lowest BCUT2D eigenvalue weighted by Gasteiger charge is -2.24. The lowest BCUT2D eigenvalue weighted by Crippen LogP contribution is -2.19. The lowest BCUT2D eigenvalue weighted by molar-refractivity contribution is 0.199. The molecule has 0 bridgehead atoms. The number of aryl methyl sites for hydroxylation is 1. The maximum absolute atomic E-state index is 9.57. The van der Waals surface area contributed by atoms with Crippen molar-refractivity contribution in [1.29, 1.82) is 0 Å². The van der Waals surface area contributed by atoms with Gasteiger partial charge in [0.1, 0.15) is 5.82 Å². The first kappa shape index (κ1) is 13.1. The maximum Gasteiger partial charge on any atom is 0.132 e. The van der Waals surface area contributed by atoms with Crippen LogP contribution in [0.1, 0.15) is 37.0 Å². The van der Waals surface area contributed by atoms with Crippen molar-refractivity contribution in [2.75, 3.05) is 11.4 Å².